The molecule has 5 heteroatoms. The first-order chi connectivity index (χ1) is 13.3. The van der Waals surface area contributed by atoms with Crippen LogP contribution in [0.5, 0.6) is 0 Å². The summed E-state index contributed by atoms with van der Waals surface area (Å²) in [6.07, 6.45) is 4.63. The summed E-state index contributed by atoms with van der Waals surface area (Å²) in [5.41, 5.74) is 5.68. The maximum Gasteiger partial charge on any atom is 0.151 e. The summed E-state index contributed by atoms with van der Waals surface area (Å²) in [5, 5.41) is 4.63. The van der Waals surface area contributed by atoms with Gasteiger partial charge >= 0.3 is 0 Å². The van der Waals surface area contributed by atoms with Crippen molar-refractivity contribution in [2.24, 2.45) is 0 Å². The molecule has 0 saturated heterocycles. The number of nitrogens with one attached hydrogen (secondary N) is 2. The van der Waals surface area contributed by atoms with E-state index in [0.29, 0.717) is 0 Å². The van der Waals surface area contributed by atoms with Crippen LogP contribution in [0.15, 0.2) is 67.1 Å². The smallest absolute Gasteiger partial charge is 0.151 e. The van der Waals surface area contributed by atoms with Crippen LogP contribution in [0.4, 0.5) is 11.5 Å². The number of fused-ring (bicyclic) bond motifs is 2. The molecule has 4 nitrogen and oxygen atoms in total. The summed E-state index contributed by atoms with van der Waals surface area (Å²) >= 11 is 1.72. The van der Waals surface area contributed by atoms with Crippen molar-refractivity contribution in [2.45, 2.75) is 13.3 Å². The number of rotatable bonds is 4. The van der Waals surface area contributed by atoms with E-state index in [1.807, 2.05) is 6.20 Å². The van der Waals surface area contributed by atoms with Crippen molar-refractivity contribution in [3.63, 3.8) is 0 Å². The highest BCUT2D eigenvalue weighted by Gasteiger charge is 2.11. The van der Waals surface area contributed by atoms with E-state index < -0.39 is 0 Å². The Morgan fingerprint density at radius 2 is 1.89 bits per heavy atom. The van der Waals surface area contributed by atoms with Gasteiger partial charge in [-0.3, -0.25) is 0 Å². The van der Waals surface area contributed by atoms with Gasteiger partial charge in [0.25, 0.3) is 0 Å². The van der Waals surface area contributed by atoms with Gasteiger partial charge in [-0.1, -0.05) is 31.2 Å². The van der Waals surface area contributed by atoms with E-state index in [2.05, 4.69) is 81.8 Å². The quantitative estimate of drug-likeness (QED) is 0.399. The Morgan fingerprint density at radius 1 is 1.00 bits per heavy atom. The molecule has 0 fully saturated rings. The van der Waals surface area contributed by atoms with E-state index in [1.54, 1.807) is 17.7 Å². The van der Waals surface area contributed by atoms with Gasteiger partial charge in [0.2, 0.25) is 0 Å². The summed E-state index contributed by atoms with van der Waals surface area (Å²) < 4.78 is 1.07. The summed E-state index contributed by atoms with van der Waals surface area (Å²) in [5.74, 6) is 0.844. The highest BCUT2D eigenvalue weighted by molar-refractivity contribution is 7.22. The van der Waals surface area contributed by atoms with E-state index in [-0.39, 0.29) is 0 Å². The van der Waals surface area contributed by atoms with Crippen LogP contribution in [-0.2, 0) is 6.42 Å². The summed E-state index contributed by atoms with van der Waals surface area (Å²) in [6.45, 7) is 2.17. The van der Waals surface area contributed by atoms with Gasteiger partial charge in [0, 0.05) is 27.7 Å². The first-order valence-corrected chi connectivity index (χ1v) is 9.80. The Morgan fingerprint density at radius 3 is 2.74 bits per heavy atom. The normalized spacial score (nSPS) is 11.3. The zero-order chi connectivity index (χ0) is 18.2. The molecule has 0 amide bonds. The van der Waals surface area contributed by atoms with Crippen LogP contribution < -0.4 is 5.32 Å². The third-order valence-corrected chi connectivity index (χ3v) is 5.95. The zero-order valence-corrected chi connectivity index (χ0v) is 15.7. The number of H-pyrrole nitrogens is 1. The summed E-state index contributed by atoms with van der Waals surface area (Å²) in [6, 6.07) is 19.2. The molecule has 2 aromatic carbocycles. The molecular weight excluding hydrogens is 352 g/mol. The van der Waals surface area contributed by atoms with Crippen molar-refractivity contribution < 1.29 is 0 Å². The summed E-state index contributed by atoms with van der Waals surface area (Å²) in [7, 11) is 0. The van der Waals surface area contributed by atoms with Gasteiger partial charge in [-0.05, 0) is 47.9 Å². The van der Waals surface area contributed by atoms with Crippen LogP contribution >= 0.6 is 11.3 Å². The third-order valence-electron chi connectivity index (χ3n) is 4.77. The van der Waals surface area contributed by atoms with Crippen LogP contribution in [0.2, 0.25) is 0 Å². The van der Waals surface area contributed by atoms with Gasteiger partial charge in [0.1, 0.15) is 6.33 Å². The Balaban J connectivity index is 1.53. The highest BCUT2D eigenvalue weighted by atomic mass is 32.1. The maximum absolute atomic E-state index is 4.48. The predicted octanol–water partition coefficient (Wildman–Crippen LogP) is 6.15. The topological polar surface area (TPSA) is 53.6 Å². The fourth-order valence-corrected chi connectivity index (χ4v) is 4.32. The number of thiophene rings is 1. The second kappa shape index (κ2) is 6.52. The van der Waals surface area contributed by atoms with E-state index in [9.17, 15) is 0 Å². The average molecular weight is 370 g/mol. The van der Waals surface area contributed by atoms with Crippen molar-refractivity contribution in [1.29, 1.82) is 0 Å². The molecule has 5 rings (SSSR count). The van der Waals surface area contributed by atoms with Gasteiger partial charge in [-0.15, -0.1) is 11.3 Å². The second-order valence-electron chi connectivity index (χ2n) is 6.50. The average Bonchev–Trinajstić information content (AvgIpc) is 3.35. The Kier molecular flexibility index (Phi) is 3.87. The minimum atomic E-state index is 0.844. The molecule has 2 N–H and O–H groups in total. The SMILES string of the molecule is CCc1ccc(-c2cc3ncnc(Nc4ccc5[nH]ccc5c4)c3s2)cc1. The van der Waals surface area contributed by atoms with Gasteiger partial charge < -0.3 is 10.3 Å². The number of aromatic amines is 1. The van der Waals surface area contributed by atoms with Crippen LogP contribution in [-0.4, -0.2) is 15.0 Å². The lowest BCUT2D eigenvalue weighted by atomic mass is 10.1. The molecular formula is C22H18N4S. The van der Waals surface area contributed by atoms with Crippen molar-refractivity contribution in [3.8, 4) is 10.4 Å². The van der Waals surface area contributed by atoms with Gasteiger partial charge in [-0.25, -0.2) is 9.97 Å². The third kappa shape index (κ3) is 2.96. The van der Waals surface area contributed by atoms with E-state index in [0.717, 1.165) is 33.7 Å². The molecule has 5 aromatic rings. The van der Waals surface area contributed by atoms with Crippen LogP contribution in [0, 0.1) is 0 Å². The first-order valence-electron chi connectivity index (χ1n) is 8.98. The number of hydrogen-bond donors (Lipinski definition) is 2. The largest absolute Gasteiger partial charge is 0.361 e. The van der Waals surface area contributed by atoms with Crippen LogP contribution in [0.3, 0.4) is 0 Å². The number of nitrogens with zero attached hydrogens (tertiary/aromatic N) is 2. The number of aromatic nitrogens is 3. The number of anilines is 2. The van der Waals surface area contributed by atoms with E-state index in [1.165, 1.54) is 21.4 Å². The van der Waals surface area contributed by atoms with Crippen molar-refractivity contribution in [2.75, 3.05) is 5.32 Å². The van der Waals surface area contributed by atoms with E-state index >= 15 is 0 Å². The molecule has 3 aromatic heterocycles. The molecule has 27 heavy (non-hydrogen) atoms. The standard InChI is InChI=1S/C22H18N4S/c1-2-14-3-5-15(6-4-14)20-12-19-21(27-20)22(25-13-24-19)26-17-7-8-18-16(11-17)9-10-23-18/h3-13,23H,2H2,1H3,(H,24,25,26). The lowest BCUT2D eigenvalue weighted by Gasteiger charge is -2.06. The Hall–Kier alpha value is -3.18. The fourth-order valence-electron chi connectivity index (χ4n) is 3.26. The maximum atomic E-state index is 4.48. The molecule has 0 saturated carbocycles. The number of aryl methyl sites for hydroxylation is 1. The molecule has 0 radical (unpaired) electrons. The number of hydrogen-bond acceptors (Lipinski definition) is 4. The Bertz CT molecular complexity index is 1230. The van der Waals surface area contributed by atoms with Gasteiger partial charge in [0.05, 0.1) is 10.2 Å². The second-order valence-corrected chi connectivity index (χ2v) is 7.55. The van der Waals surface area contributed by atoms with Gasteiger partial charge in [-0.2, -0.15) is 0 Å². The molecule has 0 spiro atoms. The lowest BCUT2D eigenvalue weighted by molar-refractivity contribution is 1.14. The van der Waals surface area contributed by atoms with Crippen LogP contribution in [0.1, 0.15) is 12.5 Å². The first kappa shape index (κ1) is 16.0. The zero-order valence-electron chi connectivity index (χ0n) is 14.9. The monoisotopic (exact) mass is 370 g/mol. The molecule has 0 atom stereocenters. The molecule has 3 heterocycles. The highest BCUT2D eigenvalue weighted by Crippen LogP contribution is 2.36. The Labute approximate surface area is 160 Å². The molecule has 0 aliphatic rings. The number of benzene rings is 2. The minimum Gasteiger partial charge on any atom is -0.361 e. The molecule has 0 aliphatic carbocycles. The predicted molar refractivity (Wildman–Crippen MR) is 114 cm³/mol. The molecule has 0 bridgehead atoms. The van der Waals surface area contributed by atoms with Crippen molar-refractivity contribution in [3.05, 3.63) is 72.7 Å². The van der Waals surface area contributed by atoms with E-state index in [4.69, 9.17) is 0 Å². The fraction of sp³-hybridized carbons (Fsp3) is 0.0909. The lowest BCUT2D eigenvalue weighted by Crippen LogP contribution is -1.94. The van der Waals surface area contributed by atoms with Crippen LogP contribution in [0.25, 0.3) is 31.6 Å². The molecule has 0 aliphatic heterocycles. The van der Waals surface area contributed by atoms with Crippen molar-refractivity contribution >= 4 is 44.0 Å². The minimum absolute atomic E-state index is 0.844. The molecule has 0 unspecified atom stereocenters. The van der Waals surface area contributed by atoms with Crippen molar-refractivity contribution in [1.82, 2.24) is 15.0 Å². The van der Waals surface area contributed by atoms with Gasteiger partial charge in [0.15, 0.2) is 5.82 Å². The molecule has 132 valence electrons. The summed E-state index contributed by atoms with van der Waals surface area (Å²) in [4.78, 5) is 13.4.